The molecule has 2 heteroatoms. The first-order valence-electron chi connectivity index (χ1n) is 3.05. The van der Waals surface area contributed by atoms with Crippen molar-refractivity contribution in [3.8, 4) is 0 Å². The van der Waals surface area contributed by atoms with Crippen LogP contribution in [0.4, 0.5) is 0 Å². The van der Waals surface area contributed by atoms with Crippen molar-refractivity contribution in [3.63, 3.8) is 0 Å². The molecule has 0 amide bonds. The summed E-state index contributed by atoms with van der Waals surface area (Å²) in [5.41, 5.74) is 1.94. The molecular formula is C6H14OSi. The molecule has 48 valence electrons. The van der Waals surface area contributed by atoms with Crippen molar-refractivity contribution in [2.75, 3.05) is 6.61 Å². The molecule has 0 bridgehead atoms. The summed E-state index contributed by atoms with van der Waals surface area (Å²) in [4.78, 5) is 0. The second kappa shape index (κ2) is 5.06. The van der Waals surface area contributed by atoms with Gasteiger partial charge in [0.25, 0.3) is 0 Å². The van der Waals surface area contributed by atoms with Crippen molar-refractivity contribution >= 4 is 9.04 Å². The minimum atomic E-state index is -0.935. The van der Waals surface area contributed by atoms with Crippen LogP contribution < -0.4 is 0 Å². The standard InChI is InChI=1S/C6H14OSi/c1-4-6-7-8(3)5-2/h5,8H,2,4,6H2,1,3H3. The molecule has 0 heterocycles. The van der Waals surface area contributed by atoms with Crippen LogP contribution in [-0.2, 0) is 4.43 Å². The first kappa shape index (κ1) is 7.92. The normalized spacial score (nSPS) is 13.2. The molecule has 0 saturated heterocycles. The van der Waals surface area contributed by atoms with E-state index in [1.807, 2.05) is 5.70 Å². The zero-order chi connectivity index (χ0) is 6.41. The van der Waals surface area contributed by atoms with Gasteiger partial charge >= 0.3 is 0 Å². The van der Waals surface area contributed by atoms with Gasteiger partial charge in [-0.15, -0.1) is 6.58 Å². The summed E-state index contributed by atoms with van der Waals surface area (Å²) in [5.74, 6) is 0. The van der Waals surface area contributed by atoms with E-state index in [0.29, 0.717) is 0 Å². The lowest BCUT2D eigenvalue weighted by molar-refractivity contribution is 0.329. The van der Waals surface area contributed by atoms with E-state index < -0.39 is 9.04 Å². The monoisotopic (exact) mass is 130 g/mol. The first-order chi connectivity index (χ1) is 3.81. The van der Waals surface area contributed by atoms with Gasteiger partial charge in [-0.05, 0) is 13.0 Å². The van der Waals surface area contributed by atoms with Crippen molar-refractivity contribution in [3.05, 3.63) is 12.3 Å². The lowest BCUT2D eigenvalue weighted by Gasteiger charge is -2.03. The molecular weight excluding hydrogens is 116 g/mol. The summed E-state index contributed by atoms with van der Waals surface area (Å²) in [6, 6.07) is 0. The van der Waals surface area contributed by atoms with Gasteiger partial charge in [0.1, 0.15) is 0 Å². The molecule has 0 aliphatic carbocycles. The van der Waals surface area contributed by atoms with E-state index in [0.717, 1.165) is 13.0 Å². The molecule has 0 aromatic rings. The third-order valence-electron chi connectivity index (χ3n) is 0.917. The summed E-state index contributed by atoms with van der Waals surface area (Å²) in [6.07, 6.45) is 1.12. The Bertz CT molecular complexity index is 63.5. The molecule has 1 atom stereocenters. The lowest BCUT2D eigenvalue weighted by Crippen LogP contribution is -2.09. The Balaban J connectivity index is 2.98. The van der Waals surface area contributed by atoms with Gasteiger partial charge < -0.3 is 4.43 Å². The Kier molecular flexibility index (Phi) is 5.01. The summed E-state index contributed by atoms with van der Waals surface area (Å²) in [6.45, 7) is 8.80. The minimum Gasteiger partial charge on any atom is -0.416 e. The molecule has 0 N–H and O–H groups in total. The summed E-state index contributed by atoms with van der Waals surface area (Å²) in [5, 5.41) is 0. The molecule has 8 heavy (non-hydrogen) atoms. The van der Waals surface area contributed by atoms with Gasteiger partial charge in [-0.3, -0.25) is 0 Å². The Morgan fingerprint density at radius 2 is 2.38 bits per heavy atom. The lowest BCUT2D eigenvalue weighted by atomic mass is 10.5. The predicted octanol–water partition coefficient (Wildman–Crippen LogP) is 1.49. The molecule has 1 nitrogen and oxygen atoms in total. The van der Waals surface area contributed by atoms with Crippen LogP contribution in [0, 0.1) is 0 Å². The minimum absolute atomic E-state index is 0.902. The average Bonchev–Trinajstić information content (AvgIpc) is 1.83. The highest BCUT2D eigenvalue weighted by Gasteiger charge is 1.93. The molecule has 0 aromatic carbocycles. The van der Waals surface area contributed by atoms with E-state index in [2.05, 4.69) is 20.0 Å². The van der Waals surface area contributed by atoms with Crippen molar-refractivity contribution in [2.45, 2.75) is 19.9 Å². The Morgan fingerprint density at radius 1 is 1.75 bits per heavy atom. The molecule has 0 saturated carbocycles. The zero-order valence-electron chi connectivity index (χ0n) is 5.68. The number of rotatable bonds is 4. The topological polar surface area (TPSA) is 9.23 Å². The van der Waals surface area contributed by atoms with Gasteiger partial charge in [-0.2, -0.15) is 0 Å². The Morgan fingerprint density at radius 3 is 2.75 bits per heavy atom. The Hall–Kier alpha value is -0.0831. The third kappa shape index (κ3) is 4.09. The molecule has 0 radical (unpaired) electrons. The number of hydrogen-bond donors (Lipinski definition) is 0. The van der Waals surface area contributed by atoms with Crippen molar-refractivity contribution in [1.29, 1.82) is 0 Å². The summed E-state index contributed by atoms with van der Waals surface area (Å²) in [7, 11) is -0.935. The quantitative estimate of drug-likeness (QED) is 0.524. The maximum absolute atomic E-state index is 5.36. The van der Waals surface area contributed by atoms with Crippen LogP contribution in [0.1, 0.15) is 13.3 Å². The maximum atomic E-state index is 5.36. The largest absolute Gasteiger partial charge is 0.416 e. The molecule has 0 fully saturated rings. The predicted molar refractivity (Wildman–Crippen MR) is 39.5 cm³/mol. The molecule has 1 unspecified atom stereocenters. The van der Waals surface area contributed by atoms with E-state index in [9.17, 15) is 0 Å². The van der Waals surface area contributed by atoms with Crippen molar-refractivity contribution in [2.24, 2.45) is 0 Å². The van der Waals surface area contributed by atoms with Crippen LogP contribution >= 0.6 is 0 Å². The fourth-order valence-electron chi connectivity index (χ4n) is 0.372. The Labute approximate surface area is 53.1 Å². The van der Waals surface area contributed by atoms with Crippen LogP contribution in [0.15, 0.2) is 12.3 Å². The molecule has 0 aromatic heterocycles. The van der Waals surface area contributed by atoms with E-state index in [-0.39, 0.29) is 0 Å². The van der Waals surface area contributed by atoms with Crippen LogP contribution in [0.5, 0.6) is 0 Å². The second-order valence-electron chi connectivity index (χ2n) is 1.81. The molecule has 0 aliphatic heterocycles. The number of hydrogen-bond acceptors (Lipinski definition) is 1. The van der Waals surface area contributed by atoms with E-state index >= 15 is 0 Å². The second-order valence-corrected chi connectivity index (χ2v) is 4.03. The van der Waals surface area contributed by atoms with Crippen LogP contribution in [0.25, 0.3) is 0 Å². The molecule has 0 aliphatic rings. The van der Waals surface area contributed by atoms with Crippen molar-refractivity contribution < 1.29 is 4.43 Å². The van der Waals surface area contributed by atoms with E-state index in [4.69, 9.17) is 4.43 Å². The fourth-order valence-corrected chi connectivity index (χ4v) is 1.12. The van der Waals surface area contributed by atoms with Crippen molar-refractivity contribution in [1.82, 2.24) is 0 Å². The van der Waals surface area contributed by atoms with Gasteiger partial charge in [-0.1, -0.05) is 12.6 Å². The first-order valence-corrected chi connectivity index (χ1v) is 5.34. The van der Waals surface area contributed by atoms with Gasteiger partial charge in [0, 0.05) is 6.61 Å². The average molecular weight is 130 g/mol. The van der Waals surface area contributed by atoms with Crippen LogP contribution in [-0.4, -0.2) is 15.6 Å². The summed E-state index contributed by atoms with van der Waals surface area (Å²) >= 11 is 0. The van der Waals surface area contributed by atoms with Gasteiger partial charge in [0.2, 0.25) is 0 Å². The zero-order valence-corrected chi connectivity index (χ0v) is 6.84. The highest BCUT2D eigenvalue weighted by Crippen LogP contribution is 1.86. The molecule has 0 rings (SSSR count). The highest BCUT2D eigenvalue weighted by atomic mass is 28.3. The third-order valence-corrected chi connectivity index (χ3v) is 2.34. The SMILES string of the molecule is C=C[SiH](C)OCCC. The van der Waals surface area contributed by atoms with Crippen LogP contribution in [0.2, 0.25) is 6.55 Å². The maximum Gasteiger partial charge on any atom is 0.197 e. The van der Waals surface area contributed by atoms with E-state index in [1.54, 1.807) is 0 Å². The van der Waals surface area contributed by atoms with Gasteiger partial charge in [0.05, 0.1) is 0 Å². The summed E-state index contributed by atoms with van der Waals surface area (Å²) < 4.78 is 5.36. The fraction of sp³-hybridized carbons (Fsp3) is 0.667. The molecule has 0 spiro atoms. The van der Waals surface area contributed by atoms with Gasteiger partial charge in [0.15, 0.2) is 9.04 Å². The smallest absolute Gasteiger partial charge is 0.197 e. The highest BCUT2D eigenvalue weighted by molar-refractivity contribution is 6.55. The van der Waals surface area contributed by atoms with Gasteiger partial charge in [-0.25, -0.2) is 0 Å². The van der Waals surface area contributed by atoms with Crippen LogP contribution in [0.3, 0.4) is 0 Å². The van der Waals surface area contributed by atoms with E-state index in [1.165, 1.54) is 0 Å².